The maximum absolute atomic E-state index is 11.7. The summed E-state index contributed by atoms with van der Waals surface area (Å²) in [5, 5.41) is 4.82. The van der Waals surface area contributed by atoms with Crippen molar-refractivity contribution in [3.05, 3.63) is 35.8 Å². The molecule has 0 aromatic carbocycles. The molecule has 2 aromatic rings. The molecule has 3 heterocycles. The number of rotatable bonds is 10. The molecule has 0 amide bonds. The van der Waals surface area contributed by atoms with Crippen molar-refractivity contribution in [3.8, 4) is 11.5 Å². The third-order valence-corrected chi connectivity index (χ3v) is 6.36. The van der Waals surface area contributed by atoms with Gasteiger partial charge in [-0.05, 0) is 32.9 Å². The molecule has 198 valence electrons. The Hall–Kier alpha value is -3.12. The molecule has 1 fully saturated rings. The normalized spacial score (nSPS) is 14.9. The van der Waals surface area contributed by atoms with Gasteiger partial charge in [0.1, 0.15) is 21.8 Å². The molecule has 2 aromatic heterocycles. The van der Waals surface area contributed by atoms with Crippen molar-refractivity contribution >= 4 is 27.5 Å². The molecule has 1 saturated heterocycles. The number of carbonyl (C=O) groups is 1. The van der Waals surface area contributed by atoms with Gasteiger partial charge in [-0.1, -0.05) is 0 Å². The number of hydrogen-bond donors (Lipinski definition) is 1. The monoisotopic (exact) mass is 522 g/mol. The number of piperidine rings is 1. The lowest BCUT2D eigenvalue weighted by molar-refractivity contribution is -0.151. The van der Waals surface area contributed by atoms with Crippen LogP contribution >= 0.6 is 0 Å². The lowest BCUT2D eigenvalue weighted by atomic mass is 10.1. The van der Waals surface area contributed by atoms with Crippen molar-refractivity contribution in [2.45, 2.75) is 52.2 Å². The summed E-state index contributed by atoms with van der Waals surface area (Å²) in [5.74, 6) is 1.66. The quantitative estimate of drug-likeness (QED) is 0.461. The number of nitrogens with one attached hydrogen (secondary N) is 1. The van der Waals surface area contributed by atoms with Crippen LogP contribution in [-0.4, -0.2) is 74.0 Å². The van der Waals surface area contributed by atoms with Crippen molar-refractivity contribution in [2.24, 2.45) is 0 Å². The number of hydroxylamine groups is 2. The van der Waals surface area contributed by atoms with E-state index >= 15 is 0 Å². The molecule has 0 atom stereocenters. The van der Waals surface area contributed by atoms with E-state index in [2.05, 4.69) is 15.3 Å². The number of aromatic nitrogens is 2. The van der Waals surface area contributed by atoms with Crippen LogP contribution in [0.5, 0.6) is 11.5 Å². The first kappa shape index (κ1) is 27.5. The molecular weight excluding hydrogens is 488 g/mol. The molecule has 1 N–H and O–H groups in total. The van der Waals surface area contributed by atoms with Gasteiger partial charge >= 0.3 is 6.16 Å². The first-order valence-corrected chi connectivity index (χ1v) is 13.8. The number of nitrogens with zero attached hydrogens (tertiary/aromatic N) is 3. The van der Waals surface area contributed by atoms with Crippen LogP contribution in [0.3, 0.4) is 0 Å². The zero-order valence-corrected chi connectivity index (χ0v) is 22.1. The summed E-state index contributed by atoms with van der Waals surface area (Å²) in [6, 6.07) is 5.42. The van der Waals surface area contributed by atoms with Crippen LogP contribution in [0.25, 0.3) is 0 Å². The van der Waals surface area contributed by atoms with Gasteiger partial charge in [-0.25, -0.2) is 18.2 Å². The zero-order chi connectivity index (χ0) is 26.3. The SMILES string of the molecule is COc1cnc(Nc2ccc(CCS(C)(=O)=O)nc2C)cc1OC1CCN(OC(=O)OC(C)C)CC1. The molecule has 3 rings (SSSR count). The molecular formula is C24H34N4O7S. The van der Waals surface area contributed by atoms with Gasteiger partial charge in [0.05, 0.1) is 36.5 Å². The van der Waals surface area contributed by atoms with E-state index in [9.17, 15) is 13.2 Å². The van der Waals surface area contributed by atoms with Gasteiger partial charge in [-0.2, -0.15) is 0 Å². The topological polar surface area (TPSA) is 129 Å². The molecule has 0 saturated carbocycles. The summed E-state index contributed by atoms with van der Waals surface area (Å²) >= 11 is 0. The van der Waals surface area contributed by atoms with Gasteiger partial charge in [0.25, 0.3) is 0 Å². The molecule has 1 aliphatic rings. The minimum Gasteiger partial charge on any atom is -0.491 e. The Balaban J connectivity index is 1.61. The lowest BCUT2D eigenvalue weighted by Gasteiger charge is -2.30. The van der Waals surface area contributed by atoms with Gasteiger partial charge in [0.2, 0.25) is 0 Å². The van der Waals surface area contributed by atoms with E-state index < -0.39 is 16.0 Å². The molecule has 0 aliphatic carbocycles. The summed E-state index contributed by atoms with van der Waals surface area (Å²) in [6.45, 7) is 6.42. The molecule has 0 unspecified atom stereocenters. The second-order valence-electron chi connectivity index (χ2n) is 8.91. The number of pyridine rings is 2. The molecule has 1 aliphatic heterocycles. The average Bonchev–Trinajstić information content (AvgIpc) is 2.80. The lowest BCUT2D eigenvalue weighted by Crippen LogP contribution is -2.39. The van der Waals surface area contributed by atoms with Crippen LogP contribution in [0.1, 0.15) is 38.1 Å². The summed E-state index contributed by atoms with van der Waals surface area (Å²) in [4.78, 5) is 25.8. The van der Waals surface area contributed by atoms with E-state index in [1.165, 1.54) is 6.26 Å². The second-order valence-corrected chi connectivity index (χ2v) is 11.2. The highest BCUT2D eigenvalue weighted by Crippen LogP contribution is 2.32. The maximum atomic E-state index is 11.7. The predicted molar refractivity (Wildman–Crippen MR) is 134 cm³/mol. The minimum atomic E-state index is -3.05. The van der Waals surface area contributed by atoms with Crippen LogP contribution in [0.15, 0.2) is 24.4 Å². The number of carbonyl (C=O) groups excluding carboxylic acids is 1. The largest absolute Gasteiger partial charge is 0.528 e. The first-order valence-electron chi connectivity index (χ1n) is 11.8. The highest BCUT2D eigenvalue weighted by molar-refractivity contribution is 7.90. The van der Waals surface area contributed by atoms with Gasteiger partial charge in [0.15, 0.2) is 11.5 Å². The van der Waals surface area contributed by atoms with Crippen LogP contribution in [0, 0.1) is 6.92 Å². The van der Waals surface area contributed by atoms with E-state index in [1.807, 2.05) is 13.0 Å². The van der Waals surface area contributed by atoms with E-state index in [0.29, 0.717) is 55.4 Å². The van der Waals surface area contributed by atoms with Crippen molar-refractivity contribution in [1.82, 2.24) is 15.0 Å². The van der Waals surface area contributed by atoms with E-state index in [-0.39, 0.29) is 18.0 Å². The molecule has 12 heteroatoms. The fourth-order valence-corrected chi connectivity index (χ4v) is 4.17. The van der Waals surface area contributed by atoms with Crippen LogP contribution in [-0.2, 0) is 25.8 Å². The van der Waals surface area contributed by atoms with Crippen molar-refractivity contribution in [1.29, 1.82) is 0 Å². The number of anilines is 2. The third kappa shape index (κ3) is 8.52. The standard InChI is InChI=1S/C24H34N4O7S/c1-16(2)33-24(29)35-28-11-8-19(9-12-28)34-21-14-23(25-15-22(21)32-4)27-20-7-6-18(26-17(20)3)10-13-36(5,30)31/h6-7,14-16,19H,8-13H2,1-5H3,(H,25,27). The summed E-state index contributed by atoms with van der Waals surface area (Å²) in [5.41, 5.74) is 2.19. The fourth-order valence-electron chi connectivity index (χ4n) is 3.59. The van der Waals surface area contributed by atoms with Gasteiger partial charge in [0, 0.05) is 50.4 Å². The van der Waals surface area contributed by atoms with Crippen molar-refractivity contribution < 1.29 is 32.3 Å². The summed E-state index contributed by atoms with van der Waals surface area (Å²) in [7, 11) is -1.50. The minimum absolute atomic E-state index is 0.0556. The third-order valence-electron chi connectivity index (χ3n) is 5.42. The Morgan fingerprint density at radius 2 is 1.94 bits per heavy atom. The number of sulfone groups is 1. The summed E-state index contributed by atoms with van der Waals surface area (Å²) < 4.78 is 39.5. The Labute approximate surface area is 212 Å². The Morgan fingerprint density at radius 1 is 1.22 bits per heavy atom. The van der Waals surface area contributed by atoms with E-state index in [0.717, 1.165) is 11.4 Å². The Morgan fingerprint density at radius 3 is 2.56 bits per heavy atom. The van der Waals surface area contributed by atoms with Crippen LogP contribution in [0.4, 0.5) is 16.3 Å². The number of aryl methyl sites for hydroxylation is 2. The smallest absolute Gasteiger partial charge is 0.491 e. The Bertz CT molecular complexity index is 1150. The van der Waals surface area contributed by atoms with E-state index in [1.54, 1.807) is 44.4 Å². The van der Waals surface area contributed by atoms with Crippen molar-refractivity contribution in [2.75, 3.05) is 37.5 Å². The number of methoxy groups -OCH3 is 1. The predicted octanol–water partition coefficient (Wildman–Crippen LogP) is 3.44. The first-order chi connectivity index (χ1) is 17.0. The van der Waals surface area contributed by atoms with Gasteiger partial charge < -0.3 is 24.4 Å². The van der Waals surface area contributed by atoms with Gasteiger partial charge in [-0.3, -0.25) is 4.98 Å². The zero-order valence-electron chi connectivity index (χ0n) is 21.3. The highest BCUT2D eigenvalue weighted by atomic mass is 32.2. The average molecular weight is 523 g/mol. The molecule has 0 radical (unpaired) electrons. The number of hydrogen-bond acceptors (Lipinski definition) is 11. The molecule has 36 heavy (non-hydrogen) atoms. The molecule has 0 bridgehead atoms. The fraction of sp³-hybridized carbons (Fsp3) is 0.542. The summed E-state index contributed by atoms with van der Waals surface area (Å²) in [6.07, 6.45) is 3.44. The maximum Gasteiger partial charge on any atom is 0.528 e. The van der Waals surface area contributed by atoms with Crippen molar-refractivity contribution in [3.63, 3.8) is 0 Å². The van der Waals surface area contributed by atoms with Crippen LogP contribution < -0.4 is 14.8 Å². The molecule has 0 spiro atoms. The van der Waals surface area contributed by atoms with Crippen LogP contribution in [0.2, 0.25) is 0 Å². The second kappa shape index (κ2) is 12.2. The van der Waals surface area contributed by atoms with Gasteiger partial charge in [-0.15, -0.1) is 5.06 Å². The number of ether oxygens (including phenoxy) is 3. The Kier molecular flexibility index (Phi) is 9.32. The van der Waals surface area contributed by atoms with E-state index in [4.69, 9.17) is 19.0 Å². The highest BCUT2D eigenvalue weighted by Gasteiger charge is 2.25. The molecule has 11 nitrogen and oxygen atoms in total.